The molecule has 16 heavy (non-hydrogen) atoms. The van der Waals surface area contributed by atoms with Crippen LogP contribution in [0.4, 0.5) is 0 Å². The molecule has 0 unspecified atom stereocenters. The molecule has 1 aromatic rings. The van der Waals surface area contributed by atoms with Crippen LogP contribution in [0.2, 0.25) is 0 Å². The predicted octanol–water partition coefficient (Wildman–Crippen LogP) is 2.88. The fourth-order valence-corrected chi connectivity index (χ4v) is 2.29. The summed E-state index contributed by atoms with van der Waals surface area (Å²) >= 11 is 0. The molecule has 1 saturated carbocycles. The molecule has 2 heteroatoms. The Hall–Kier alpha value is -1.31. The summed E-state index contributed by atoms with van der Waals surface area (Å²) in [5, 5.41) is 3.03. The van der Waals surface area contributed by atoms with E-state index in [4.69, 9.17) is 0 Å². The third kappa shape index (κ3) is 3.09. The second-order valence-electron chi connectivity index (χ2n) is 4.54. The minimum absolute atomic E-state index is 0.239. The van der Waals surface area contributed by atoms with Gasteiger partial charge in [-0.05, 0) is 18.4 Å². The normalized spacial score (nSPS) is 17.0. The number of benzene rings is 1. The fraction of sp³-hybridized carbons (Fsp3) is 0.500. The summed E-state index contributed by atoms with van der Waals surface area (Å²) in [5.74, 6) is 0.501. The lowest BCUT2D eigenvalue weighted by molar-refractivity contribution is -0.126. The van der Waals surface area contributed by atoms with Gasteiger partial charge in [-0.3, -0.25) is 4.79 Å². The quantitative estimate of drug-likeness (QED) is 0.776. The standard InChI is InChI=1S/C14H19NO/c16-14(13-9-5-2-6-10-13)15-11-12-7-3-1-4-8-12/h1,3-4,7-8,13H,2,5-6,9-11H2,(H,15,16)/i14+1. The van der Waals surface area contributed by atoms with Crippen molar-refractivity contribution in [1.29, 1.82) is 0 Å². The summed E-state index contributed by atoms with van der Waals surface area (Å²) in [4.78, 5) is 11.9. The van der Waals surface area contributed by atoms with Gasteiger partial charge < -0.3 is 5.32 Å². The van der Waals surface area contributed by atoms with E-state index in [-0.39, 0.29) is 11.8 Å². The molecule has 1 fully saturated rings. The van der Waals surface area contributed by atoms with Crippen LogP contribution in [0, 0.1) is 5.92 Å². The average molecular weight is 218 g/mol. The Morgan fingerprint density at radius 1 is 1.12 bits per heavy atom. The molecule has 0 aliphatic heterocycles. The molecule has 2 nitrogen and oxygen atoms in total. The largest absolute Gasteiger partial charge is 0.352 e. The van der Waals surface area contributed by atoms with Crippen molar-refractivity contribution in [1.82, 2.24) is 5.32 Å². The van der Waals surface area contributed by atoms with Crippen molar-refractivity contribution in [3.63, 3.8) is 0 Å². The average Bonchev–Trinajstić information content (AvgIpc) is 2.38. The highest BCUT2D eigenvalue weighted by Gasteiger charge is 2.20. The fourth-order valence-electron chi connectivity index (χ4n) is 2.29. The first kappa shape index (κ1) is 11.2. The van der Waals surface area contributed by atoms with E-state index in [1.54, 1.807) is 0 Å². The molecule has 86 valence electrons. The maximum Gasteiger partial charge on any atom is 0.223 e. The Kier molecular flexibility index (Phi) is 3.97. The van der Waals surface area contributed by atoms with Gasteiger partial charge in [-0.25, -0.2) is 0 Å². The Morgan fingerprint density at radius 2 is 1.81 bits per heavy atom. The van der Waals surface area contributed by atoms with Crippen molar-refractivity contribution in [2.24, 2.45) is 5.92 Å². The maximum atomic E-state index is 11.9. The highest BCUT2D eigenvalue weighted by molar-refractivity contribution is 5.78. The van der Waals surface area contributed by atoms with Crippen LogP contribution in [-0.4, -0.2) is 5.91 Å². The molecule has 1 N–H and O–H groups in total. The van der Waals surface area contributed by atoms with E-state index < -0.39 is 0 Å². The van der Waals surface area contributed by atoms with E-state index in [0.29, 0.717) is 6.54 Å². The van der Waals surface area contributed by atoms with Crippen molar-refractivity contribution in [3.8, 4) is 0 Å². The summed E-state index contributed by atoms with van der Waals surface area (Å²) < 4.78 is 0. The summed E-state index contributed by atoms with van der Waals surface area (Å²) in [5.41, 5.74) is 1.17. The first-order valence-electron chi connectivity index (χ1n) is 6.18. The van der Waals surface area contributed by atoms with Crippen LogP contribution in [0.5, 0.6) is 0 Å². The van der Waals surface area contributed by atoms with Crippen molar-refractivity contribution < 1.29 is 4.79 Å². The number of carbonyl (C=O) groups is 1. The van der Waals surface area contributed by atoms with E-state index in [9.17, 15) is 4.79 Å². The Bertz CT molecular complexity index is 328. The minimum Gasteiger partial charge on any atom is -0.352 e. The van der Waals surface area contributed by atoms with Gasteiger partial charge in [0.2, 0.25) is 5.91 Å². The zero-order valence-corrected chi connectivity index (χ0v) is 9.61. The zero-order valence-electron chi connectivity index (χ0n) is 9.61. The Labute approximate surface area is 97.1 Å². The van der Waals surface area contributed by atoms with Crippen LogP contribution in [0.15, 0.2) is 30.3 Å². The Balaban J connectivity index is 1.79. The molecule has 1 aliphatic carbocycles. The number of amides is 1. The first-order valence-corrected chi connectivity index (χ1v) is 6.18. The third-order valence-electron chi connectivity index (χ3n) is 3.29. The lowest BCUT2D eigenvalue weighted by Gasteiger charge is -2.20. The smallest absolute Gasteiger partial charge is 0.223 e. The third-order valence-corrected chi connectivity index (χ3v) is 3.29. The van der Waals surface area contributed by atoms with E-state index in [1.807, 2.05) is 30.3 Å². The van der Waals surface area contributed by atoms with E-state index in [2.05, 4.69) is 5.32 Å². The molecule has 2 rings (SSSR count). The number of hydrogen-bond donors (Lipinski definition) is 1. The van der Waals surface area contributed by atoms with Crippen molar-refractivity contribution in [2.75, 3.05) is 0 Å². The maximum absolute atomic E-state index is 11.9. The SMILES string of the molecule is O=[13C](NCc1ccccc1)C1CCCCC1. The highest BCUT2D eigenvalue weighted by Crippen LogP contribution is 2.23. The van der Waals surface area contributed by atoms with Crippen LogP contribution in [0.1, 0.15) is 37.7 Å². The number of carbonyl (C=O) groups excluding carboxylic acids is 1. The molecule has 0 aromatic heterocycles. The number of hydrogen-bond acceptors (Lipinski definition) is 1. The van der Waals surface area contributed by atoms with Gasteiger partial charge in [-0.2, -0.15) is 0 Å². The molecular formula is C14H19NO. The van der Waals surface area contributed by atoms with Gasteiger partial charge >= 0.3 is 0 Å². The lowest BCUT2D eigenvalue weighted by Crippen LogP contribution is -2.31. The van der Waals surface area contributed by atoms with E-state index in [1.165, 1.54) is 24.8 Å². The van der Waals surface area contributed by atoms with Crippen LogP contribution in [-0.2, 0) is 11.3 Å². The molecular weight excluding hydrogens is 199 g/mol. The monoisotopic (exact) mass is 218 g/mol. The first-order chi connectivity index (χ1) is 7.86. The van der Waals surface area contributed by atoms with Gasteiger partial charge in [0.25, 0.3) is 0 Å². The van der Waals surface area contributed by atoms with E-state index >= 15 is 0 Å². The van der Waals surface area contributed by atoms with Crippen LogP contribution >= 0.6 is 0 Å². The zero-order chi connectivity index (χ0) is 11.2. The second-order valence-corrected chi connectivity index (χ2v) is 4.54. The van der Waals surface area contributed by atoms with Gasteiger partial charge in [0, 0.05) is 12.5 Å². The summed E-state index contributed by atoms with van der Waals surface area (Å²) in [6.45, 7) is 0.663. The second kappa shape index (κ2) is 5.69. The Morgan fingerprint density at radius 3 is 2.50 bits per heavy atom. The summed E-state index contributed by atoms with van der Waals surface area (Å²) in [6.07, 6.45) is 5.86. The topological polar surface area (TPSA) is 29.1 Å². The van der Waals surface area contributed by atoms with Gasteiger partial charge in [0.15, 0.2) is 0 Å². The number of rotatable bonds is 3. The van der Waals surface area contributed by atoms with Gasteiger partial charge in [0.1, 0.15) is 0 Å². The molecule has 0 radical (unpaired) electrons. The summed E-state index contributed by atoms with van der Waals surface area (Å²) in [6, 6.07) is 10.1. The molecule has 1 aliphatic rings. The molecule has 0 atom stereocenters. The van der Waals surface area contributed by atoms with E-state index in [0.717, 1.165) is 12.8 Å². The predicted molar refractivity (Wildman–Crippen MR) is 64.9 cm³/mol. The van der Waals surface area contributed by atoms with Gasteiger partial charge in [-0.1, -0.05) is 49.6 Å². The lowest BCUT2D eigenvalue weighted by atomic mass is 9.94. The molecule has 0 saturated heterocycles. The number of nitrogens with one attached hydrogen (secondary N) is 1. The van der Waals surface area contributed by atoms with Crippen LogP contribution in [0.25, 0.3) is 0 Å². The molecule has 0 heterocycles. The van der Waals surface area contributed by atoms with Crippen molar-refractivity contribution in [2.45, 2.75) is 38.6 Å². The van der Waals surface area contributed by atoms with Gasteiger partial charge in [0.05, 0.1) is 0 Å². The molecule has 0 bridgehead atoms. The molecule has 0 spiro atoms. The molecule has 1 amide bonds. The van der Waals surface area contributed by atoms with Crippen LogP contribution in [0.3, 0.4) is 0 Å². The van der Waals surface area contributed by atoms with Crippen molar-refractivity contribution >= 4 is 5.91 Å². The minimum atomic E-state index is 0.239. The van der Waals surface area contributed by atoms with Crippen molar-refractivity contribution in [3.05, 3.63) is 35.9 Å². The highest BCUT2D eigenvalue weighted by atomic mass is 16.2. The van der Waals surface area contributed by atoms with Gasteiger partial charge in [-0.15, -0.1) is 0 Å². The summed E-state index contributed by atoms with van der Waals surface area (Å²) in [7, 11) is 0. The van der Waals surface area contributed by atoms with Crippen LogP contribution < -0.4 is 5.32 Å². The molecule has 1 aromatic carbocycles.